The Balaban J connectivity index is 1.59. The van der Waals surface area contributed by atoms with Gasteiger partial charge in [-0.15, -0.1) is 0 Å². The molecule has 0 radical (unpaired) electrons. The molecular formula is C18H20N6O. The molecule has 0 fully saturated rings. The van der Waals surface area contributed by atoms with Crippen LogP contribution in [0.1, 0.15) is 16.8 Å². The second-order valence-corrected chi connectivity index (χ2v) is 6.44. The molecule has 2 aromatic heterocycles. The summed E-state index contributed by atoms with van der Waals surface area (Å²) in [6, 6.07) is 7.36. The summed E-state index contributed by atoms with van der Waals surface area (Å²) in [4.78, 5) is 22.4. The molecule has 7 nitrogen and oxygen atoms in total. The predicted molar refractivity (Wildman–Crippen MR) is 95.7 cm³/mol. The summed E-state index contributed by atoms with van der Waals surface area (Å²) in [6.45, 7) is 2.26. The van der Waals surface area contributed by atoms with Crippen LogP contribution in [0.2, 0.25) is 0 Å². The molecule has 0 amide bonds. The first-order valence-corrected chi connectivity index (χ1v) is 8.26. The zero-order valence-corrected chi connectivity index (χ0v) is 14.1. The molecule has 0 saturated heterocycles. The van der Waals surface area contributed by atoms with Crippen molar-refractivity contribution < 1.29 is 0 Å². The van der Waals surface area contributed by atoms with E-state index in [1.165, 1.54) is 0 Å². The van der Waals surface area contributed by atoms with Crippen LogP contribution in [-0.2, 0) is 26.6 Å². The number of rotatable bonds is 3. The first-order valence-electron chi connectivity index (χ1n) is 8.26. The van der Waals surface area contributed by atoms with Crippen LogP contribution in [0.5, 0.6) is 0 Å². The summed E-state index contributed by atoms with van der Waals surface area (Å²) in [5.41, 5.74) is 10.0. The lowest BCUT2D eigenvalue weighted by atomic mass is 10.1. The molecule has 3 aromatic rings. The van der Waals surface area contributed by atoms with Gasteiger partial charge < -0.3 is 10.7 Å². The van der Waals surface area contributed by atoms with Crippen LogP contribution in [0, 0.1) is 0 Å². The van der Waals surface area contributed by atoms with Crippen LogP contribution >= 0.6 is 0 Å². The molecule has 1 aliphatic rings. The van der Waals surface area contributed by atoms with Crippen LogP contribution < -0.4 is 11.3 Å². The van der Waals surface area contributed by atoms with Crippen LogP contribution in [0.15, 0.2) is 41.5 Å². The molecule has 4 rings (SSSR count). The molecule has 25 heavy (non-hydrogen) atoms. The van der Waals surface area contributed by atoms with Gasteiger partial charge in [0.2, 0.25) is 0 Å². The molecule has 3 heterocycles. The molecule has 0 unspecified atom stereocenters. The van der Waals surface area contributed by atoms with E-state index in [9.17, 15) is 4.79 Å². The summed E-state index contributed by atoms with van der Waals surface area (Å²) >= 11 is 0. The number of aromatic amines is 1. The molecule has 0 spiro atoms. The number of aryl methyl sites for hydroxylation is 1. The Kier molecular flexibility index (Phi) is 3.85. The van der Waals surface area contributed by atoms with Crippen molar-refractivity contribution in [2.75, 3.05) is 12.3 Å². The van der Waals surface area contributed by atoms with Crippen LogP contribution in [0.4, 0.5) is 5.69 Å². The third-order valence-electron chi connectivity index (χ3n) is 4.50. The Morgan fingerprint density at radius 2 is 2.08 bits per heavy atom. The number of nitrogen functional groups attached to an aromatic ring is 1. The lowest BCUT2D eigenvalue weighted by molar-refractivity contribution is 0.242. The molecule has 128 valence electrons. The Morgan fingerprint density at radius 1 is 1.28 bits per heavy atom. The number of nitrogens with zero attached hydrogens (tertiary/aromatic N) is 4. The van der Waals surface area contributed by atoms with Gasteiger partial charge in [-0.3, -0.25) is 14.4 Å². The molecule has 0 aliphatic carbocycles. The highest BCUT2D eigenvalue weighted by atomic mass is 16.1. The molecule has 7 heteroatoms. The van der Waals surface area contributed by atoms with E-state index in [4.69, 9.17) is 5.73 Å². The summed E-state index contributed by atoms with van der Waals surface area (Å²) in [6.07, 6.45) is 4.63. The zero-order valence-electron chi connectivity index (χ0n) is 14.1. The average Bonchev–Trinajstić information content (AvgIpc) is 3.01. The van der Waals surface area contributed by atoms with Crippen molar-refractivity contribution in [3.8, 4) is 11.4 Å². The molecule has 3 N–H and O–H groups in total. The highest BCUT2D eigenvalue weighted by Crippen LogP contribution is 2.20. The standard InChI is InChI=1S/C18H20N6O/c1-23-9-12(8-20-23)10-24-7-6-16-15(11-24)18(25)22-17(21-16)13-2-4-14(19)5-3-13/h2-5,8-9H,6-7,10-11,19H2,1H3,(H,21,22,25). The highest BCUT2D eigenvalue weighted by Gasteiger charge is 2.21. The van der Waals surface area contributed by atoms with Gasteiger partial charge in [0.15, 0.2) is 0 Å². The first kappa shape index (κ1) is 15.6. The molecule has 1 aliphatic heterocycles. The molecule has 0 bridgehead atoms. The lowest BCUT2D eigenvalue weighted by Crippen LogP contribution is -2.35. The van der Waals surface area contributed by atoms with Gasteiger partial charge in [-0.25, -0.2) is 4.98 Å². The summed E-state index contributed by atoms with van der Waals surface area (Å²) < 4.78 is 1.79. The maximum absolute atomic E-state index is 12.6. The van der Waals surface area contributed by atoms with E-state index in [1.807, 2.05) is 43.7 Å². The number of benzene rings is 1. The Labute approximate surface area is 145 Å². The van der Waals surface area contributed by atoms with Gasteiger partial charge in [-0.05, 0) is 24.3 Å². The summed E-state index contributed by atoms with van der Waals surface area (Å²) in [5.74, 6) is 0.601. The number of H-pyrrole nitrogens is 1. The maximum atomic E-state index is 12.6. The van der Waals surface area contributed by atoms with E-state index in [2.05, 4.69) is 20.0 Å². The normalized spacial score (nSPS) is 14.4. The molecule has 1 aromatic carbocycles. The van der Waals surface area contributed by atoms with E-state index in [-0.39, 0.29) is 5.56 Å². The second-order valence-electron chi connectivity index (χ2n) is 6.44. The smallest absolute Gasteiger partial charge is 0.255 e. The SMILES string of the molecule is Cn1cc(CN2CCc3nc(-c4ccc(N)cc4)[nH]c(=O)c3C2)cn1. The summed E-state index contributed by atoms with van der Waals surface area (Å²) in [7, 11) is 1.91. The third kappa shape index (κ3) is 3.18. The van der Waals surface area contributed by atoms with Crippen molar-refractivity contribution in [1.29, 1.82) is 0 Å². The van der Waals surface area contributed by atoms with Gasteiger partial charge in [-0.1, -0.05) is 0 Å². The van der Waals surface area contributed by atoms with E-state index in [0.717, 1.165) is 41.9 Å². The highest BCUT2D eigenvalue weighted by molar-refractivity contribution is 5.58. The fraction of sp³-hybridized carbons (Fsp3) is 0.278. The van der Waals surface area contributed by atoms with E-state index in [1.54, 1.807) is 4.68 Å². The number of hydrogen-bond donors (Lipinski definition) is 2. The van der Waals surface area contributed by atoms with Gasteiger partial charge in [-0.2, -0.15) is 5.10 Å². The number of fused-ring (bicyclic) bond motifs is 1. The second kappa shape index (κ2) is 6.18. The van der Waals surface area contributed by atoms with Gasteiger partial charge >= 0.3 is 0 Å². The van der Waals surface area contributed by atoms with Crippen LogP contribution in [0.25, 0.3) is 11.4 Å². The average molecular weight is 336 g/mol. The Hall–Kier alpha value is -2.93. The van der Waals surface area contributed by atoms with Crippen molar-refractivity contribution in [3.63, 3.8) is 0 Å². The number of anilines is 1. The number of nitrogens with one attached hydrogen (secondary N) is 1. The Bertz CT molecular complexity index is 956. The van der Waals surface area contributed by atoms with Gasteiger partial charge in [0, 0.05) is 56.1 Å². The molecule has 0 saturated carbocycles. The molecule has 0 atom stereocenters. The summed E-state index contributed by atoms with van der Waals surface area (Å²) in [5, 5.41) is 4.20. The maximum Gasteiger partial charge on any atom is 0.255 e. The Morgan fingerprint density at radius 3 is 2.80 bits per heavy atom. The van der Waals surface area contributed by atoms with E-state index in [0.29, 0.717) is 18.1 Å². The van der Waals surface area contributed by atoms with E-state index < -0.39 is 0 Å². The topological polar surface area (TPSA) is 92.8 Å². The van der Waals surface area contributed by atoms with Crippen molar-refractivity contribution in [1.82, 2.24) is 24.6 Å². The zero-order chi connectivity index (χ0) is 17.4. The van der Waals surface area contributed by atoms with Gasteiger partial charge in [0.1, 0.15) is 5.82 Å². The third-order valence-corrected chi connectivity index (χ3v) is 4.50. The van der Waals surface area contributed by atoms with Gasteiger partial charge in [0.25, 0.3) is 5.56 Å². The van der Waals surface area contributed by atoms with Crippen molar-refractivity contribution >= 4 is 5.69 Å². The van der Waals surface area contributed by atoms with Crippen molar-refractivity contribution in [2.24, 2.45) is 7.05 Å². The fourth-order valence-electron chi connectivity index (χ4n) is 3.21. The van der Waals surface area contributed by atoms with Gasteiger partial charge in [0.05, 0.1) is 17.5 Å². The predicted octanol–water partition coefficient (Wildman–Crippen LogP) is 1.31. The number of aromatic nitrogens is 4. The minimum Gasteiger partial charge on any atom is -0.399 e. The number of hydrogen-bond acceptors (Lipinski definition) is 5. The minimum absolute atomic E-state index is 0.0623. The minimum atomic E-state index is -0.0623. The van der Waals surface area contributed by atoms with Crippen molar-refractivity contribution in [2.45, 2.75) is 19.5 Å². The van der Waals surface area contributed by atoms with Crippen molar-refractivity contribution in [3.05, 3.63) is 63.8 Å². The van der Waals surface area contributed by atoms with Crippen LogP contribution in [0.3, 0.4) is 0 Å². The number of nitrogens with two attached hydrogens (primary N) is 1. The van der Waals surface area contributed by atoms with E-state index >= 15 is 0 Å². The lowest BCUT2D eigenvalue weighted by Gasteiger charge is -2.27. The fourth-order valence-corrected chi connectivity index (χ4v) is 3.21. The monoisotopic (exact) mass is 336 g/mol. The largest absolute Gasteiger partial charge is 0.399 e. The van der Waals surface area contributed by atoms with Crippen LogP contribution in [-0.4, -0.2) is 31.2 Å². The quantitative estimate of drug-likeness (QED) is 0.704. The first-order chi connectivity index (χ1) is 12.1. The molecular weight excluding hydrogens is 316 g/mol.